The van der Waals surface area contributed by atoms with E-state index in [2.05, 4.69) is 22.2 Å². The molecule has 0 radical (unpaired) electrons. The van der Waals surface area contributed by atoms with Crippen molar-refractivity contribution < 1.29 is 9.59 Å². The van der Waals surface area contributed by atoms with Crippen LogP contribution in [0.2, 0.25) is 0 Å². The maximum absolute atomic E-state index is 12.4. The van der Waals surface area contributed by atoms with Crippen LogP contribution in [0.25, 0.3) is 0 Å². The third-order valence-corrected chi connectivity index (χ3v) is 5.39. The summed E-state index contributed by atoms with van der Waals surface area (Å²) in [5.41, 5.74) is 7.69. The van der Waals surface area contributed by atoms with Crippen molar-refractivity contribution in [1.29, 1.82) is 5.26 Å². The highest BCUT2D eigenvalue weighted by Gasteiger charge is 2.40. The standard InChI is InChI=1S/C21H24N6O2/c1-4-5-16-12(2)27(13(3)28)18-7-6-14(21(23)29)8-17(18)20(16)26-19-11-24-15(9-22)10-25-19/h6-8,10-12,16,20H,4-5H2,1-3H3,(H2,23,29)(H,25,26)/t12-,16-,20+/m0/s1. The molecule has 1 aliphatic rings. The lowest BCUT2D eigenvalue weighted by molar-refractivity contribution is -0.117. The van der Waals surface area contributed by atoms with Gasteiger partial charge in [0.05, 0.1) is 18.4 Å². The molecule has 2 amide bonds. The van der Waals surface area contributed by atoms with Crippen LogP contribution in [0.15, 0.2) is 30.6 Å². The maximum Gasteiger partial charge on any atom is 0.248 e. The second-order valence-corrected chi connectivity index (χ2v) is 7.24. The number of anilines is 2. The van der Waals surface area contributed by atoms with Gasteiger partial charge in [-0.1, -0.05) is 13.3 Å². The Labute approximate surface area is 169 Å². The van der Waals surface area contributed by atoms with Crippen LogP contribution in [0.1, 0.15) is 61.3 Å². The number of carbonyl (C=O) groups is 2. The third-order valence-electron chi connectivity index (χ3n) is 5.39. The Morgan fingerprint density at radius 2 is 2.07 bits per heavy atom. The van der Waals surface area contributed by atoms with Crippen LogP contribution in [0.3, 0.4) is 0 Å². The first-order valence-corrected chi connectivity index (χ1v) is 9.59. The normalized spacial score (nSPS) is 20.5. The van der Waals surface area contributed by atoms with E-state index in [4.69, 9.17) is 11.0 Å². The number of fused-ring (bicyclic) bond motifs is 1. The lowest BCUT2D eigenvalue weighted by atomic mass is 9.78. The fraction of sp³-hybridized carbons (Fsp3) is 0.381. The molecule has 1 aliphatic heterocycles. The zero-order valence-electron chi connectivity index (χ0n) is 16.7. The highest BCUT2D eigenvalue weighted by molar-refractivity contribution is 5.97. The molecule has 0 unspecified atom stereocenters. The Balaban J connectivity index is 2.12. The molecule has 8 nitrogen and oxygen atoms in total. The van der Waals surface area contributed by atoms with Gasteiger partial charge in [0, 0.05) is 30.1 Å². The first-order valence-electron chi connectivity index (χ1n) is 9.59. The van der Waals surface area contributed by atoms with Crippen molar-refractivity contribution >= 4 is 23.3 Å². The van der Waals surface area contributed by atoms with E-state index in [0.717, 1.165) is 24.1 Å². The van der Waals surface area contributed by atoms with Gasteiger partial charge in [0.1, 0.15) is 11.9 Å². The van der Waals surface area contributed by atoms with Gasteiger partial charge in [0.15, 0.2) is 5.69 Å². The van der Waals surface area contributed by atoms with Crippen LogP contribution in [-0.4, -0.2) is 27.8 Å². The summed E-state index contributed by atoms with van der Waals surface area (Å²) in [7, 11) is 0. The van der Waals surface area contributed by atoms with Crippen LogP contribution in [0.5, 0.6) is 0 Å². The molecule has 8 heteroatoms. The molecule has 29 heavy (non-hydrogen) atoms. The minimum absolute atomic E-state index is 0.0525. The summed E-state index contributed by atoms with van der Waals surface area (Å²) in [5.74, 6) is 0.0269. The van der Waals surface area contributed by atoms with E-state index in [-0.39, 0.29) is 29.6 Å². The van der Waals surface area contributed by atoms with Gasteiger partial charge in [-0.2, -0.15) is 5.26 Å². The highest BCUT2D eigenvalue weighted by atomic mass is 16.2. The first-order chi connectivity index (χ1) is 13.9. The Kier molecular flexibility index (Phi) is 5.78. The van der Waals surface area contributed by atoms with Crippen LogP contribution in [0, 0.1) is 17.2 Å². The van der Waals surface area contributed by atoms with E-state index in [9.17, 15) is 9.59 Å². The minimum Gasteiger partial charge on any atom is -0.366 e. The molecule has 1 aromatic carbocycles. The number of benzene rings is 1. The molecule has 3 atom stereocenters. The number of nitrogens with one attached hydrogen (secondary N) is 1. The summed E-state index contributed by atoms with van der Waals surface area (Å²) in [6.07, 6.45) is 4.72. The van der Waals surface area contributed by atoms with Crippen molar-refractivity contribution in [1.82, 2.24) is 9.97 Å². The molecule has 3 N–H and O–H groups in total. The number of primary amides is 1. The fourth-order valence-electron chi connectivity index (χ4n) is 4.10. The fourth-order valence-corrected chi connectivity index (χ4v) is 4.10. The monoisotopic (exact) mass is 392 g/mol. The van der Waals surface area contributed by atoms with Crippen molar-refractivity contribution in [3.8, 4) is 6.07 Å². The van der Waals surface area contributed by atoms with E-state index in [1.807, 2.05) is 13.0 Å². The van der Waals surface area contributed by atoms with Crippen molar-refractivity contribution in [3.63, 3.8) is 0 Å². The number of hydrogen-bond donors (Lipinski definition) is 2. The number of hydrogen-bond acceptors (Lipinski definition) is 6. The quantitative estimate of drug-likeness (QED) is 0.806. The summed E-state index contributed by atoms with van der Waals surface area (Å²) in [6.45, 7) is 5.68. The zero-order chi connectivity index (χ0) is 21.1. The summed E-state index contributed by atoms with van der Waals surface area (Å²) in [6, 6.07) is 6.86. The largest absolute Gasteiger partial charge is 0.366 e. The summed E-state index contributed by atoms with van der Waals surface area (Å²) in [5, 5.41) is 12.3. The third kappa shape index (κ3) is 3.90. The molecule has 0 spiro atoms. The average Bonchev–Trinajstić information content (AvgIpc) is 2.70. The number of rotatable bonds is 5. The lowest BCUT2D eigenvalue weighted by Gasteiger charge is -2.45. The van der Waals surface area contributed by atoms with Crippen molar-refractivity contribution in [2.24, 2.45) is 11.7 Å². The predicted molar refractivity (Wildman–Crippen MR) is 109 cm³/mol. The first kappa shape index (κ1) is 20.3. The smallest absolute Gasteiger partial charge is 0.248 e. The topological polar surface area (TPSA) is 125 Å². The summed E-state index contributed by atoms with van der Waals surface area (Å²) in [4.78, 5) is 34.3. The van der Waals surface area contributed by atoms with Gasteiger partial charge in [-0.3, -0.25) is 9.59 Å². The Morgan fingerprint density at radius 1 is 1.31 bits per heavy atom. The molecule has 2 heterocycles. The number of nitriles is 1. The number of amides is 2. The zero-order valence-corrected chi connectivity index (χ0v) is 16.7. The van der Waals surface area contributed by atoms with Crippen molar-refractivity contribution in [2.45, 2.75) is 45.7 Å². The molecule has 1 aromatic heterocycles. The highest BCUT2D eigenvalue weighted by Crippen LogP contribution is 2.44. The van der Waals surface area contributed by atoms with E-state index < -0.39 is 5.91 Å². The Morgan fingerprint density at radius 3 is 2.62 bits per heavy atom. The number of aromatic nitrogens is 2. The van der Waals surface area contributed by atoms with Gasteiger partial charge in [0.2, 0.25) is 11.8 Å². The van der Waals surface area contributed by atoms with Gasteiger partial charge in [-0.05, 0) is 37.1 Å². The predicted octanol–water partition coefficient (Wildman–Crippen LogP) is 2.77. The number of nitrogens with zero attached hydrogens (tertiary/aromatic N) is 4. The molecule has 3 rings (SSSR count). The van der Waals surface area contributed by atoms with E-state index >= 15 is 0 Å². The molecule has 150 valence electrons. The second-order valence-electron chi connectivity index (χ2n) is 7.24. The van der Waals surface area contributed by atoms with Gasteiger partial charge < -0.3 is 16.0 Å². The SMILES string of the molecule is CCC[C@@H]1[C@@H](Nc2cnc(C#N)cn2)c2cc(C(N)=O)ccc2N(C(C)=O)[C@H]1C. The molecular weight excluding hydrogens is 368 g/mol. The second kappa shape index (κ2) is 8.27. The van der Waals surface area contributed by atoms with E-state index in [1.165, 1.54) is 12.4 Å². The van der Waals surface area contributed by atoms with Crippen LogP contribution >= 0.6 is 0 Å². The van der Waals surface area contributed by atoms with Gasteiger partial charge >= 0.3 is 0 Å². The van der Waals surface area contributed by atoms with Crippen LogP contribution < -0.4 is 16.0 Å². The van der Waals surface area contributed by atoms with Gasteiger partial charge in [-0.25, -0.2) is 9.97 Å². The summed E-state index contributed by atoms with van der Waals surface area (Å²) < 4.78 is 0. The van der Waals surface area contributed by atoms with Crippen LogP contribution in [0.4, 0.5) is 11.5 Å². The maximum atomic E-state index is 12.4. The van der Waals surface area contributed by atoms with E-state index in [1.54, 1.807) is 30.0 Å². The molecular formula is C21H24N6O2. The average molecular weight is 392 g/mol. The van der Waals surface area contributed by atoms with Crippen LogP contribution in [-0.2, 0) is 4.79 Å². The molecule has 0 fully saturated rings. The van der Waals surface area contributed by atoms with E-state index in [0.29, 0.717) is 11.4 Å². The lowest BCUT2D eigenvalue weighted by Crippen LogP contribution is -2.49. The van der Waals surface area contributed by atoms with Crippen molar-refractivity contribution in [2.75, 3.05) is 10.2 Å². The number of nitrogens with two attached hydrogens (primary N) is 1. The molecule has 2 aromatic rings. The van der Waals surface area contributed by atoms with Crippen molar-refractivity contribution in [3.05, 3.63) is 47.4 Å². The molecule has 0 aliphatic carbocycles. The Hall–Kier alpha value is -3.47. The van der Waals surface area contributed by atoms with Gasteiger partial charge in [0.25, 0.3) is 0 Å². The minimum atomic E-state index is -0.523. The van der Waals surface area contributed by atoms with Gasteiger partial charge in [-0.15, -0.1) is 0 Å². The Bertz CT molecular complexity index is 966. The molecule has 0 bridgehead atoms. The molecule has 0 saturated heterocycles. The number of carbonyl (C=O) groups excluding carboxylic acids is 2. The summed E-state index contributed by atoms with van der Waals surface area (Å²) >= 11 is 0. The molecule has 0 saturated carbocycles.